The van der Waals surface area contributed by atoms with Crippen LogP contribution in [-0.2, 0) is 11.2 Å². The monoisotopic (exact) mass is 511 g/mol. The number of carbonyl (C=O) groups excluding carboxylic acids is 1. The average molecular weight is 512 g/mol. The minimum atomic E-state index is -0.362. The second-order valence-corrected chi connectivity index (χ2v) is 10.8. The molecule has 1 fully saturated rings. The minimum absolute atomic E-state index is 0.0958. The van der Waals surface area contributed by atoms with Gasteiger partial charge < -0.3 is 16.0 Å². The maximum absolute atomic E-state index is 13.3. The summed E-state index contributed by atoms with van der Waals surface area (Å²) in [7, 11) is 4.16. The third kappa shape index (κ3) is 6.69. The molecule has 2 aromatic carbocycles. The quantitative estimate of drug-likeness (QED) is 0.233. The number of anilines is 2. The Labute approximate surface area is 227 Å². The standard InChI is InChI=1S/C32H41N5O/c1-22(10-12-24-15-18-36(3)19-16-24)9-11-23(2)30(34)28-21-26(13-14-29(28)33)35-32(38)31-27-8-6-5-7-25(27)17-20-37(31)4/h5-9,11,13-14,21,24,31,34H,1-2,10,12,15-20,33H2,3-4H3,(H,35,38). The first-order valence-corrected chi connectivity index (χ1v) is 13.5. The van der Waals surface area contributed by atoms with Crippen LogP contribution < -0.4 is 11.1 Å². The Morgan fingerprint density at radius 3 is 2.61 bits per heavy atom. The number of hydrogen-bond donors (Lipinski definition) is 3. The minimum Gasteiger partial charge on any atom is -0.398 e. The molecule has 1 saturated heterocycles. The Morgan fingerprint density at radius 1 is 1.11 bits per heavy atom. The Morgan fingerprint density at radius 2 is 1.84 bits per heavy atom. The van der Waals surface area contributed by atoms with Crippen LogP contribution >= 0.6 is 0 Å². The van der Waals surface area contributed by atoms with Crippen molar-refractivity contribution in [2.75, 3.05) is 44.8 Å². The molecule has 200 valence electrons. The summed E-state index contributed by atoms with van der Waals surface area (Å²) < 4.78 is 0. The molecule has 0 aliphatic carbocycles. The molecule has 2 aromatic rings. The van der Waals surface area contributed by atoms with E-state index >= 15 is 0 Å². The normalized spacial score (nSPS) is 18.7. The highest BCUT2D eigenvalue weighted by atomic mass is 16.2. The highest BCUT2D eigenvalue weighted by Gasteiger charge is 2.30. The van der Waals surface area contributed by atoms with E-state index in [9.17, 15) is 4.79 Å². The zero-order valence-corrected chi connectivity index (χ0v) is 22.8. The van der Waals surface area contributed by atoms with Crippen molar-refractivity contribution in [3.8, 4) is 0 Å². The molecule has 1 amide bonds. The van der Waals surface area contributed by atoms with E-state index in [1.165, 1.54) is 31.5 Å². The van der Waals surface area contributed by atoms with E-state index in [-0.39, 0.29) is 17.7 Å². The van der Waals surface area contributed by atoms with E-state index in [1.54, 1.807) is 18.2 Å². The zero-order valence-electron chi connectivity index (χ0n) is 22.8. The van der Waals surface area contributed by atoms with E-state index < -0.39 is 0 Å². The summed E-state index contributed by atoms with van der Waals surface area (Å²) in [5, 5.41) is 11.8. The van der Waals surface area contributed by atoms with E-state index in [0.29, 0.717) is 22.5 Å². The van der Waals surface area contributed by atoms with E-state index in [2.05, 4.69) is 41.4 Å². The number of allylic oxidation sites excluding steroid dienone is 4. The van der Waals surface area contributed by atoms with Crippen LogP contribution in [0, 0.1) is 11.3 Å². The fourth-order valence-electron chi connectivity index (χ4n) is 5.39. The molecule has 38 heavy (non-hydrogen) atoms. The van der Waals surface area contributed by atoms with E-state index in [1.807, 2.05) is 37.4 Å². The number of nitrogens with one attached hydrogen (secondary N) is 2. The van der Waals surface area contributed by atoms with Gasteiger partial charge in [0.25, 0.3) is 0 Å². The Bertz CT molecular complexity index is 1240. The predicted octanol–water partition coefficient (Wildman–Crippen LogP) is 5.59. The van der Waals surface area contributed by atoms with Crippen molar-refractivity contribution >= 4 is 23.0 Å². The number of piperidine rings is 1. The molecular formula is C32H41N5O. The summed E-state index contributed by atoms with van der Waals surface area (Å²) in [6.07, 6.45) is 9.34. The molecule has 2 heterocycles. The summed E-state index contributed by atoms with van der Waals surface area (Å²) in [6, 6.07) is 13.0. The van der Waals surface area contributed by atoms with E-state index in [0.717, 1.165) is 42.9 Å². The molecule has 0 spiro atoms. The lowest BCUT2D eigenvalue weighted by atomic mass is 9.90. The van der Waals surface area contributed by atoms with Gasteiger partial charge in [-0.2, -0.15) is 0 Å². The van der Waals surface area contributed by atoms with Crippen molar-refractivity contribution < 1.29 is 4.79 Å². The van der Waals surface area contributed by atoms with Gasteiger partial charge in [0.2, 0.25) is 5.91 Å². The summed E-state index contributed by atoms with van der Waals surface area (Å²) in [6.45, 7) is 11.5. The van der Waals surface area contributed by atoms with Crippen LogP contribution in [0.5, 0.6) is 0 Å². The van der Waals surface area contributed by atoms with Crippen molar-refractivity contribution in [3.63, 3.8) is 0 Å². The van der Waals surface area contributed by atoms with Gasteiger partial charge in [-0.05, 0) is 100 Å². The fraction of sp³-hybridized carbons (Fsp3) is 0.375. The van der Waals surface area contributed by atoms with Gasteiger partial charge in [0.05, 0.1) is 5.71 Å². The lowest BCUT2D eigenvalue weighted by molar-refractivity contribution is -0.121. The fourth-order valence-corrected chi connectivity index (χ4v) is 5.39. The first-order chi connectivity index (χ1) is 18.2. The molecule has 4 N–H and O–H groups in total. The number of likely N-dealkylation sites (tertiary alicyclic amines) is 1. The molecular weight excluding hydrogens is 470 g/mol. The van der Waals surface area contributed by atoms with Crippen molar-refractivity contribution in [3.05, 3.63) is 95.6 Å². The van der Waals surface area contributed by atoms with Crippen LogP contribution in [-0.4, -0.2) is 55.1 Å². The lowest BCUT2D eigenvalue weighted by Gasteiger charge is -2.33. The second kappa shape index (κ2) is 12.4. The molecule has 2 aliphatic heterocycles. The van der Waals surface area contributed by atoms with Crippen molar-refractivity contribution in [2.24, 2.45) is 5.92 Å². The number of nitrogens with two attached hydrogens (primary N) is 1. The number of likely N-dealkylation sites (N-methyl/N-ethyl adjacent to an activating group) is 1. The SMILES string of the molecule is C=C(C=CC(=C)C(=N)c1cc(NC(=O)C2c3ccccc3CCN2C)ccc1N)CCC1CCN(C)CC1. The third-order valence-corrected chi connectivity index (χ3v) is 7.92. The van der Waals surface area contributed by atoms with Gasteiger partial charge >= 0.3 is 0 Å². The van der Waals surface area contributed by atoms with Gasteiger partial charge in [0.1, 0.15) is 6.04 Å². The molecule has 6 heteroatoms. The molecule has 0 bridgehead atoms. The van der Waals surface area contributed by atoms with Crippen LogP contribution in [0.4, 0.5) is 11.4 Å². The van der Waals surface area contributed by atoms with Crippen molar-refractivity contribution in [1.82, 2.24) is 9.80 Å². The number of benzene rings is 2. The molecule has 1 atom stereocenters. The number of carbonyl (C=O) groups is 1. The van der Waals surface area contributed by atoms with Crippen LogP contribution in [0.2, 0.25) is 0 Å². The van der Waals surface area contributed by atoms with Gasteiger partial charge in [-0.15, -0.1) is 0 Å². The molecule has 0 aromatic heterocycles. The van der Waals surface area contributed by atoms with Crippen LogP contribution in [0.15, 0.2) is 78.9 Å². The topological polar surface area (TPSA) is 85.5 Å². The van der Waals surface area contributed by atoms with Crippen molar-refractivity contribution in [1.29, 1.82) is 5.41 Å². The Hall–Kier alpha value is -3.48. The Balaban J connectivity index is 1.38. The third-order valence-electron chi connectivity index (χ3n) is 7.92. The lowest BCUT2D eigenvalue weighted by Crippen LogP contribution is -2.39. The number of nitrogen functional groups attached to an aromatic ring is 1. The average Bonchev–Trinajstić information content (AvgIpc) is 2.91. The highest BCUT2D eigenvalue weighted by Crippen LogP contribution is 2.30. The van der Waals surface area contributed by atoms with Crippen LogP contribution in [0.3, 0.4) is 0 Å². The number of rotatable bonds is 9. The van der Waals surface area contributed by atoms with Gasteiger partial charge in [-0.3, -0.25) is 15.1 Å². The maximum atomic E-state index is 13.3. The smallest absolute Gasteiger partial charge is 0.246 e. The first-order valence-electron chi connectivity index (χ1n) is 13.5. The predicted molar refractivity (Wildman–Crippen MR) is 159 cm³/mol. The summed E-state index contributed by atoms with van der Waals surface area (Å²) in [5.41, 5.74) is 12.0. The Kier molecular flexibility index (Phi) is 8.97. The number of amides is 1. The largest absolute Gasteiger partial charge is 0.398 e. The molecule has 1 unspecified atom stereocenters. The molecule has 6 nitrogen and oxygen atoms in total. The molecule has 0 radical (unpaired) electrons. The zero-order chi connectivity index (χ0) is 27.2. The number of hydrogen-bond acceptors (Lipinski definition) is 5. The van der Waals surface area contributed by atoms with Crippen molar-refractivity contribution in [2.45, 2.75) is 38.1 Å². The highest BCUT2D eigenvalue weighted by molar-refractivity contribution is 6.15. The van der Waals surface area contributed by atoms with Gasteiger partial charge in [-0.1, -0.05) is 55.1 Å². The van der Waals surface area contributed by atoms with Gasteiger partial charge in [0.15, 0.2) is 0 Å². The number of fused-ring (bicyclic) bond motifs is 1. The summed E-state index contributed by atoms with van der Waals surface area (Å²) in [4.78, 5) is 17.8. The van der Waals surface area contributed by atoms with Crippen LogP contribution in [0.1, 0.15) is 48.4 Å². The van der Waals surface area contributed by atoms with Gasteiger partial charge in [0, 0.05) is 23.5 Å². The van der Waals surface area contributed by atoms with Crippen LogP contribution in [0.25, 0.3) is 0 Å². The number of nitrogens with zero attached hydrogens (tertiary/aromatic N) is 2. The molecule has 0 saturated carbocycles. The second-order valence-electron chi connectivity index (χ2n) is 10.8. The summed E-state index contributed by atoms with van der Waals surface area (Å²) in [5.74, 6) is 0.666. The van der Waals surface area contributed by atoms with E-state index in [4.69, 9.17) is 11.1 Å². The first kappa shape index (κ1) is 27.6. The molecule has 2 aliphatic rings. The van der Waals surface area contributed by atoms with Gasteiger partial charge in [-0.25, -0.2) is 0 Å². The summed E-state index contributed by atoms with van der Waals surface area (Å²) >= 11 is 0. The molecule has 4 rings (SSSR count). The maximum Gasteiger partial charge on any atom is 0.246 e.